The fourth-order valence-electron chi connectivity index (χ4n) is 4.66. The Bertz CT molecular complexity index is 1480. The first-order valence-electron chi connectivity index (χ1n) is 12.3. The van der Waals surface area contributed by atoms with Gasteiger partial charge in [0.25, 0.3) is 0 Å². The first kappa shape index (κ1) is 24.3. The molecule has 4 aromatic rings. The molecule has 0 spiro atoms. The standard InChI is InChI=1S/C30H27NO6/c1-20-24-15-14-23(18-27(24)37-28(32)25(20)17-21-9-4-2-5-10-21)36-29(33)26-13-8-16-31(26)30(34)35-19-22-11-6-3-7-12-22/h2-7,9-12,14-15,18,26H,8,13,16-17,19H2,1H3/t26-/m0/s1. The van der Waals surface area contributed by atoms with Crippen LogP contribution in [0.3, 0.4) is 0 Å². The number of rotatable bonds is 6. The minimum Gasteiger partial charge on any atom is -0.445 e. The summed E-state index contributed by atoms with van der Waals surface area (Å²) in [5.41, 5.74) is 3.24. The van der Waals surface area contributed by atoms with Gasteiger partial charge in [0.05, 0.1) is 0 Å². The molecule has 1 aliphatic heterocycles. The van der Waals surface area contributed by atoms with Gasteiger partial charge in [0, 0.05) is 30.0 Å². The highest BCUT2D eigenvalue weighted by atomic mass is 16.6. The lowest BCUT2D eigenvalue weighted by Gasteiger charge is -2.22. The van der Waals surface area contributed by atoms with Crippen molar-refractivity contribution in [2.45, 2.75) is 38.8 Å². The summed E-state index contributed by atoms with van der Waals surface area (Å²) >= 11 is 0. The van der Waals surface area contributed by atoms with Crippen molar-refractivity contribution in [1.29, 1.82) is 0 Å². The van der Waals surface area contributed by atoms with Crippen LogP contribution in [0.1, 0.15) is 35.1 Å². The third kappa shape index (κ3) is 5.40. The summed E-state index contributed by atoms with van der Waals surface area (Å²) in [5, 5.41) is 0.775. The number of benzene rings is 3. The molecule has 0 N–H and O–H groups in total. The maximum atomic E-state index is 13.0. The van der Waals surface area contributed by atoms with Gasteiger partial charge in [0.1, 0.15) is 24.0 Å². The van der Waals surface area contributed by atoms with Crippen molar-refractivity contribution in [2.24, 2.45) is 0 Å². The third-order valence-electron chi connectivity index (χ3n) is 6.67. The van der Waals surface area contributed by atoms with Gasteiger partial charge in [-0.15, -0.1) is 0 Å². The number of hydrogen-bond donors (Lipinski definition) is 0. The molecule has 37 heavy (non-hydrogen) atoms. The molecule has 7 nitrogen and oxygen atoms in total. The molecule has 3 aromatic carbocycles. The monoisotopic (exact) mass is 497 g/mol. The van der Waals surface area contributed by atoms with E-state index in [1.807, 2.05) is 67.6 Å². The SMILES string of the molecule is Cc1c(Cc2ccccc2)c(=O)oc2cc(OC(=O)[C@@H]3CCCN3C(=O)OCc3ccccc3)ccc12. The average Bonchev–Trinajstić information content (AvgIpc) is 3.41. The fraction of sp³-hybridized carbons (Fsp3) is 0.233. The molecule has 5 rings (SSSR count). The second-order valence-corrected chi connectivity index (χ2v) is 9.13. The van der Waals surface area contributed by atoms with Crippen LogP contribution < -0.4 is 10.4 Å². The first-order valence-corrected chi connectivity index (χ1v) is 12.3. The van der Waals surface area contributed by atoms with Crippen LogP contribution >= 0.6 is 0 Å². The number of nitrogens with zero attached hydrogens (tertiary/aromatic N) is 1. The summed E-state index contributed by atoms with van der Waals surface area (Å²) in [6.45, 7) is 2.44. The predicted octanol–water partition coefficient (Wildman–Crippen LogP) is 5.40. The lowest BCUT2D eigenvalue weighted by Crippen LogP contribution is -2.42. The first-order chi connectivity index (χ1) is 18.0. The second kappa shape index (κ2) is 10.7. The van der Waals surface area contributed by atoms with E-state index < -0.39 is 23.7 Å². The normalized spacial score (nSPS) is 15.1. The van der Waals surface area contributed by atoms with Crippen LogP contribution in [0, 0.1) is 6.92 Å². The van der Waals surface area contributed by atoms with E-state index in [0.29, 0.717) is 37.0 Å². The summed E-state index contributed by atoms with van der Waals surface area (Å²) in [5.74, 6) is -0.298. The Morgan fingerprint density at radius 1 is 0.973 bits per heavy atom. The summed E-state index contributed by atoms with van der Waals surface area (Å²) in [6.07, 6.45) is 1.09. The zero-order chi connectivity index (χ0) is 25.8. The Hall–Kier alpha value is -4.39. The second-order valence-electron chi connectivity index (χ2n) is 9.13. The van der Waals surface area contributed by atoms with Crippen LogP contribution in [0.25, 0.3) is 11.0 Å². The average molecular weight is 498 g/mol. The minimum atomic E-state index is -0.735. The highest BCUT2D eigenvalue weighted by molar-refractivity contribution is 5.86. The van der Waals surface area contributed by atoms with E-state index in [-0.39, 0.29) is 12.4 Å². The van der Waals surface area contributed by atoms with Crippen LogP contribution in [0.5, 0.6) is 5.75 Å². The summed E-state index contributed by atoms with van der Waals surface area (Å²) in [6, 6.07) is 23.4. The quantitative estimate of drug-likeness (QED) is 0.201. The van der Waals surface area contributed by atoms with Gasteiger partial charge in [0.15, 0.2) is 0 Å². The maximum absolute atomic E-state index is 13.0. The Morgan fingerprint density at radius 3 is 2.41 bits per heavy atom. The van der Waals surface area contributed by atoms with Crippen molar-refractivity contribution in [3.05, 3.63) is 112 Å². The number of ether oxygens (including phenoxy) is 2. The number of carbonyl (C=O) groups excluding carboxylic acids is 2. The zero-order valence-corrected chi connectivity index (χ0v) is 20.5. The largest absolute Gasteiger partial charge is 0.445 e. The van der Waals surface area contributed by atoms with Gasteiger partial charge < -0.3 is 13.9 Å². The van der Waals surface area contributed by atoms with Crippen molar-refractivity contribution in [2.75, 3.05) is 6.54 Å². The van der Waals surface area contributed by atoms with E-state index >= 15 is 0 Å². The molecule has 1 aromatic heterocycles. The molecule has 1 amide bonds. The topological polar surface area (TPSA) is 86.0 Å². The number of hydrogen-bond acceptors (Lipinski definition) is 6. The molecule has 0 aliphatic carbocycles. The van der Waals surface area contributed by atoms with Crippen LogP contribution in [-0.4, -0.2) is 29.5 Å². The Balaban J connectivity index is 1.29. The van der Waals surface area contributed by atoms with Gasteiger partial charge in [-0.1, -0.05) is 60.7 Å². The molecule has 0 radical (unpaired) electrons. The van der Waals surface area contributed by atoms with E-state index in [1.165, 1.54) is 4.90 Å². The zero-order valence-electron chi connectivity index (χ0n) is 20.5. The number of fused-ring (bicyclic) bond motifs is 1. The van der Waals surface area contributed by atoms with Gasteiger partial charge in [-0.05, 0) is 48.6 Å². The van der Waals surface area contributed by atoms with Crippen molar-refractivity contribution >= 4 is 23.0 Å². The minimum absolute atomic E-state index is 0.132. The number of esters is 1. The lowest BCUT2D eigenvalue weighted by molar-refractivity contribution is -0.139. The smallest absolute Gasteiger partial charge is 0.410 e. The summed E-state index contributed by atoms with van der Waals surface area (Å²) in [4.78, 5) is 39.8. The highest BCUT2D eigenvalue weighted by Crippen LogP contribution is 2.27. The molecule has 1 fully saturated rings. The van der Waals surface area contributed by atoms with Crippen LogP contribution in [0.4, 0.5) is 4.79 Å². The molecule has 7 heteroatoms. The summed E-state index contributed by atoms with van der Waals surface area (Å²) < 4.78 is 16.6. The van der Waals surface area contributed by atoms with E-state index in [2.05, 4.69) is 0 Å². The third-order valence-corrected chi connectivity index (χ3v) is 6.67. The molecular weight excluding hydrogens is 470 g/mol. The molecule has 1 atom stereocenters. The molecule has 1 saturated heterocycles. The van der Waals surface area contributed by atoms with Gasteiger partial charge in [-0.3, -0.25) is 4.90 Å². The van der Waals surface area contributed by atoms with Gasteiger partial charge in [0.2, 0.25) is 0 Å². The van der Waals surface area contributed by atoms with E-state index in [1.54, 1.807) is 18.2 Å². The number of carbonyl (C=O) groups is 2. The lowest BCUT2D eigenvalue weighted by atomic mass is 10.00. The number of aryl methyl sites for hydroxylation is 1. The van der Waals surface area contributed by atoms with Crippen molar-refractivity contribution in [3.63, 3.8) is 0 Å². The van der Waals surface area contributed by atoms with Crippen molar-refractivity contribution in [1.82, 2.24) is 4.90 Å². The van der Waals surface area contributed by atoms with Crippen LogP contribution in [0.2, 0.25) is 0 Å². The molecule has 0 bridgehead atoms. The van der Waals surface area contributed by atoms with Crippen LogP contribution in [-0.2, 0) is 22.6 Å². The molecule has 0 saturated carbocycles. The van der Waals surface area contributed by atoms with E-state index in [9.17, 15) is 14.4 Å². The Kier molecular flexibility index (Phi) is 7.03. The number of amides is 1. The Labute approximate surface area is 214 Å². The number of likely N-dealkylation sites (tertiary alicyclic amines) is 1. The van der Waals surface area contributed by atoms with Gasteiger partial charge >= 0.3 is 17.7 Å². The highest BCUT2D eigenvalue weighted by Gasteiger charge is 2.36. The Morgan fingerprint density at radius 2 is 1.68 bits per heavy atom. The van der Waals surface area contributed by atoms with Gasteiger partial charge in [-0.25, -0.2) is 14.4 Å². The molecule has 188 valence electrons. The maximum Gasteiger partial charge on any atom is 0.410 e. The van der Waals surface area contributed by atoms with Gasteiger partial charge in [-0.2, -0.15) is 0 Å². The van der Waals surface area contributed by atoms with E-state index in [0.717, 1.165) is 22.1 Å². The van der Waals surface area contributed by atoms with E-state index in [4.69, 9.17) is 13.9 Å². The molecule has 1 aliphatic rings. The van der Waals surface area contributed by atoms with Crippen molar-refractivity contribution < 1.29 is 23.5 Å². The molecule has 0 unspecified atom stereocenters. The molecule has 2 heterocycles. The molecular formula is C30H27NO6. The fourth-order valence-corrected chi connectivity index (χ4v) is 4.66. The van der Waals surface area contributed by atoms with Crippen molar-refractivity contribution in [3.8, 4) is 5.75 Å². The van der Waals surface area contributed by atoms with Crippen LogP contribution in [0.15, 0.2) is 88.1 Å². The predicted molar refractivity (Wildman–Crippen MR) is 138 cm³/mol. The summed E-state index contributed by atoms with van der Waals surface area (Å²) in [7, 11) is 0.